The van der Waals surface area contributed by atoms with Crippen LogP contribution in [-0.2, 0) is 22.4 Å². The fraction of sp³-hybridized carbons (Fsp3) is 0.207. The van der Waals surface area contributed by atoms with Crippen molar-refractivity contribution in [2.24, 2.45) is 0 Å². The van der Waals surface area contributed by atoms with E-state index in [2.05, 4.69) is 5.32 Å². The number of hydrogen-bond acceptors (Lipinski definition) is 7. The Bertz CT molecular complexity index is 1600. The van der Waals surface area contributed by atoms with Crippen LogP contribution in [0.1, 0.15) is 23.6 Å². The Hall–Kier alpha value is -3.79. The molecule has 0 radical (unpaired) electrons. The summed E-state index contributed by atoms with van der Waals surface area (Å²) >= 11 is 2.64. The molecule has 226 valence electrons. The standard InChI is InChI=1S/C29H23F4IN2O6S/c1-3-41-23-11-17(10-20(34)26(23)42-15-16-5-4-6-19(30)9-16)12-24-27(38)36(28(39)43-24)14-25(37)35-21-13-18(29(31,32)33)7-8-22(21)40-2/h4-13H,3,14-15H2,1-2H3,(H,35,37)/b24-12-. The molecular formula is C29H23F4IN2O6S. The zero-order chi connectivity index (χ0) is 31.3. The largest absolute Gasteiger partial charge is 0.495 e. The lowest BCUT2D eigenvalue weighted by atomic mass is 10.1. The van der Waals surface area contributed by atoms with E-state index in [0.29, 0.717) is 55.5 Å². The van der Waals surface area contributed by atoms with Gasteiger partial charge in [0.2, 0.25) is 5.91 Å². The number of alkyl halides is 3. The van der Waals surface area contributed by atoms with Crippen LogP contribution in [0.3, 0.4) is 0 Å². The Morgan fingerprint density at radius 2 is 1.84 bits per heavy atom. The first kappa shape index (κ1) is 32.1. The number of rotatable bonds is 10. The van der Waals surface area contributed by atoms with Gasteiger partial charge >= 0.3 is 6.18 Å². The third kappa shape index (κ3) is 7.98. The summed E-state index contributed by atoms with van der Waals surface area (Å²) in [5.41, 5.74) is -0.146. The number of ether oxygens (including phenoxy) is 3. The number of carbonyl (C=O) groups excluding carboxylic acids is 3. The van der Waals surface area contributed by atoms with E-state index in [1.165, 1.54) is 25.3 Å². The highest BCUT2D eigenvalue weighted by atomic mass is 127. The van der Waals surface area contributed by atoms with E-state index in [0.717, 1.165) is 12.1 Å². The summed E-state index contributed by atoms with van der Waals surface area (Å²) in [7, 11) is 1.22. The van der Waals surface area contributed by atoms with Gasteiger partial charge in [-0.05, 0) is 101 Å². The second-order valence-corrected chi connectivity index (χ2v) is 11.1. The van der Waals surface area contributed by atoms with Crippen molar-refractivity contribution in [3.63, 3.8) is 0 Å². The molecule has 1 aliphatic heterocycles. The molecule has 0 spiro atoms. The number of imide groups is 1. The van der Waals surface area contributed by atoms with Gasteiger partial charge in [0.05, 0.1) is 33.4 Å². The molecule has 3 aromatic rings. The topological polar surface area (TPSA) is 94.2 Å². The number of benzene rings is 3. The number of carbonyl (C=O) groups is 3. The van der Waals surface area contributed by atoms with E-state index in [4.69, 9.17) is 14.2 Å². The highest BCUT2D eigenvalue weighted by Crippen LogP contribution is 2.38. The van der Waals surface area contributed by atoms with Crippen LogP contribution < -0.4 is 19.5 Å². The van der Waals surface area contributed by atoms with Crippen LogP contribution in [0.25, 0.3) is 6.08 Å². The number of methoxy groups -OCH3 is 1. The first-order chi connectivity index (χ1) is 20.4. The molecule has 1 aliphatic rings. The molecule has 14 heteroatoms. The Morgan fingerprint density at radius 1 is 1.07 bits per heavy atom. The fourth-order valence-electron chi connectivity index (χ4n) is 3.96. The Morgan fingerprint density at radius 3 is 2.51 bits per heavy atom. The molecule has 1 fully saturated rings. The van der Waals surface area contributed by atoms with Gasteiger partial charge in [-0.2, -0.15) is 13.2 Å². The molecule has 0 aliphatic carbocycles. The molecular weight excluding hydrogens is 707 g/mol. The average Bonchev–Trinajstić information content (AvgIpc) is 3.19. The van der Waals surface area contributed by atoms with Crippen LogP contribution in [0.2, 0.25) is 0 Å². The highest BCUT2D eigenvalue weighted by molar-refractivity contribution is 14.1. The van der Waals surface area contributed by atoms with Gasteiger partial charge in [0.15, 0.2) is 11.5 Å². The average molecular weight is 730 g/mol. The predicted octanol–water partition coefficient (Wildman–Crippen LogP) is 7.11. The van der Waals surface area contributed by atoms with Crippen LogP contribution in [0.4, 0.5) is 28.0 Å². The molecule has 3 aromatic carbocycles. The van der Waals surface area contributed by atoms with E-state index >= 15 is 0 Å². The smallest absolute Gasteiger partial charge is 0.416 e. The maximum Gasteiger partial charge on any atom is 0.416 e. The minimum atomic E-state index is -4.66. The van der Waals surface area contributed by atoms with Crippen molar-refractivity contribution in [2.45, 2.75) is 19.7 Å². The van der Waals surface area contributed by atoms with Crippen LogP contribution in [0.15, 0.2) is 59.5 Å². The third-order valence-corrected chi connectivity index (χ3v) is 7.59. The van der Waals surface area contributed by atoms with Gasteiger partial charge in [-0.15, -0.1) is 0 Å². The number of nitrogens with one attached hydrogen (secondary N) is 1. The third-order valence-electron chi connectivity index (χ3n) is 5.88. The molecule has 1 N–H and O–H groups in total. The van der Waals surface area contributed by atoms with Gasteiger partial charge in [0, 0.05) is 0 Å². The molecule has 4 rings (SSSR count). The molecule has 0 saturated carbocycles. The fourth-order valence-corrected chi connectivity index (χ4v) is 5.58. The normalized spacial score (nSPS) is 14.3. The molecule has 0 bridgehead atoms. The molecule has 0 unspecified atom stereocenters. The van der Waals surface area contributed by atoms with Crippen molar-refractivity contribution in [3.8, 4) is 17.2 Å². The van der Waals surface area contributed by atoms with E-state index in [1.54, 1.807) is 31.2 Å². The second-order valence-electron chi connectivity index (χ2n) is 8.91. The van der Waals surface area contributed by atoms with Gasteiger partial charge in [0.25, 0.3) is 11.1 Å². The lowest BCUT2D eigenvalue weighted by Gasteiger charge is -2.16. The summed E-state index contributed by atoms with van der Waals surface area (Å²) in [6.45, 7) is 1.44. The molecule has 1 saturated heterocycles. The van der Waals surface area contributed by atoms with Gasteiger partial charge < -0.3 is 19.5 Å². The van der Waals surface area contributed by atoms with Crippen LogP contribution in [-0.4, -0.2) is 42.2 Å². The Balaban J connectivity index is 1.50. The second kappa shape index (κ2) is 13.7. The van der Waals surface area contributed by atoms with Crippen molar-refractivity contribution in [3.05, 3.63) is 85.6 Å². The molecule has 3 amide bonds. The van der Waals surface area contributed by atoms with Crippen molar-refractivity contribution in [1.29, 1.82) is 0 Å². The highest BCUT2D eigenvalue weighted by Gasteiger charge is 2.37. The monoisotopic (exact) mass is 730 g/mol. The van der Waals surface area contributed by atoms with Crippen molar-refractivity contribution < 1.29 is 46.2 Å². The first-order valence-electron chi connectivity index (χ1n) is 12.5. The van der Waals surface area contributed by atoms with E-state index in [9.17, 15) is 31.9 Å². The minimum absolute atomic E-state index is 0.0288. The number of thioether (sulfide) groups is 1. The SMILES string of the molecule is CCOc1cc(/C=C2\SC(=O)N(CC(=O)Nc3cc(C(F)(F)F)ccc3OC)C2=O)cc(I)c1OCc1cccc(F)c1. The Kier molecular flexibility index (Phi) is 10.2. The van der Waals surface area contributed by atoms with Gasteiger partial charge in [-0.1, -0.05) is 12.1 Å². The summed E-state index contributed by atoms with van der Waals surface area (Å²) in [5, 5.41) is 1.55. The van der Waals surface area contributed by atoms with E-state index < -0.39 is 41.2 Å². The summed E-state index contributed by atoms with van der Waals surface area (Å²) < 4.78 is 70.3. The van der Waals surface area contributed by atoms with Crippen molar-refractivity contribution in [1.82, 2.24) is 4.90 Å². The van der Waals surface area contributed by atoms with E-state index in [-0.39, 0.29) is 22.9 Å². The summed E-state index contributed by atoms with van der Waals surface area (Å²) in [4.78, 5) is 39.0. The number of hydrogen-bond donors (Lipinski definition) is 1. The number of amides is 3. The zero-order valence-electron chi connectivity index (χ0n) is 22.6. The predicted molar refractivity (Wildman–Crippen MR) is 160 cm³/mol. The van der Waals surface area contributed by atoms with Gasteiger partial charge in [0.1, 0.15) is 24.7 Å². The van der Waals surface area contributed by atoms with Gasteiger partial charge in [-0.25, -0.2) is 4.39 Å². The molecule has 1 heterocycles. The van der Waals surface area contributed by atoms with E-state index in [1.807, 2.05) is 22.6 Å². The number of halogens is 5. The summed E-state index contributed by atoms with van der Waals surface area (Å²) in [6.07, 6.45) is -3.20. The zero-order valence-corrected chi connectivity index (χ0v) is 25.6. The van der Waals surface area contributed by atoms with Crippen molar-refractivity contribution in [2.75, 3.05) is 25.6 Å². The maximum absolute atomic E-state index is 13.5. The Labute approximate surface area is 261 Å². The summed E-state index contributed by atoms with van der Waals surface area (Å²) in [6, 6.07) is 11.9. The van der Waals surface area contributed by atoms with Crippen LogP contribution in [0, 0.1) is 9.39 Å². The number of nitrogens with zero attached hydrogens (tertiary/aromatic N) is 1. The lowest BCUT2D eigenvalue weighted by Crippen LogP contribution is -2.36. The van der Waals surface area contributed by atoms with Crippen LogP contribution >= 0.6 is 34.4 Å². The molecule has 43 heavy (non-hydrogen) atoms. The van der Waals surface area contributed by atoms with Crippen LogP contribution in [0.5, 0.6) is 17.2 Å². The molecule has 8 nitrogen and oxygen atoms in total. The van der Waals surface area contributed by atoms with Gasteiger partial charge in [-0.3, -0.25) is 19.3 Å². The van der Waals surface area contributed by atoms with Crippen molar-refractivity contribution >= 4 is 63.2 Å². The molecule has 0 atom stereocenters. The number of anilines is 1. The maximum atomic E-state index is 13.5. The lowest BCUT2D eigenvalue weighted by molar-refractivity contribution is -0.137. The summed E-state index contributed by atoms with van der Waals surface area (Å²) in [5.74, 6) is -1.28. The quantitative estimate of drug-likeness (QED) is 0.135. The molecule has 0 aromatic heterocycles. The minimum Gasteiger partial charge on any atom is -0.495 e. The first-order valence-corrected chi connectivity index (χ1v) is 14.4.